The predicted octanol–water partition coefficient (Wildman–Crippen LogP) is 4.97. The molecular weight excluding hydrogens is 278 g/mol. The Morgan fingerprint density at radius 2 is 1.76 bits per heavy atom. The van der Waals surface area contributed by atoms with Gasteiger partial charge in [-0.2, -0.15) is 0 Å². The third-order valence-electron chi connectivity index (χ3n) is 3.87. The number of hydrogen-bond donors (Lipinski definition) is 1. The molecule has 21 heavy (non-hydrogen) atoms. The number of halogens is 1. The summed E-state index contributed by atoms with van der Waals surface area (Å²) in [6, 6.07) is 16.8. The molecule has 0 aliphatic rings. The normalized spacial score (nSPS) is 12.3. The maximum atomic E-state index is 6.34. The molecule has 0 aliphatic heterocycles. The molecular formula is C19H24ClN. The molecule has 1 unspecified atom stereocenters. The SMILES string of the molecule is CCCNCC(Cc1ccccc1Cl)c1ccccc1C. The molecule has 0 amide bonds. The molecule has 1 nitrogen and oxygen atoms in total. The second kappa shape index (κ2) is 8.21. The fraction of sp³-hybridized carbons (Fsp3) is 0.368. The summed E-state index contributed by atoms with van der Waals surface area (Å²) in [5.74, 6) is 0.456. The first kappa shape index (κ1) is 16.1. The lowest BCUT2D eigenvalue weighted by atomic mass is 9.89. The Labute approximate surface area is 133 Å². The van der Waals surface area contributed by atoms with Crippen LogP contribution in [0.2, 0.25) is 5.02 Å². The lowest BCUT2D eigenvalue weighted by molar-refractivity contribution is 0.575. The van der Waals surface area contributed by atoms with Gasteiger partial charge in [0.1, 0.15) is 0 Å². The zero-order valence-corrected chi connectivity index (χ0v) is 13.7. The zero-order chi connectivity index (χ0) is 15.1. The van der Waals surface area contributed by atoms with Crippen LogP contribution >= 0.6 is 11.6 Å². The van der Waals surface area contributed by atoms with Crippen LogP contribution in [-0.4, -0.2) is 13.1 Å². The Morgan fingerprint density at radius 1 is 1.05 bits per heavy atom. The maximum absolute atomic E-state index is 6.34. The van der Waals surface area contributed by atoms with E-state index in [1.807, 2.05) is 12.1 Å². The van der Waals surface area contributed by atoms with Crippen molar-refractivity contribution in [2.45, 2.75) is 32.6 Å². The minimum atomic E-state index is 0.456. The van der Waals surface area contributed by atoms with Gasteiger partial charge in [0.05, 0.1) is 0 Å². The molecule has 0 bridgehead atoms. The molecule has 0 heterocycles. The lowest BCUT2D eigenvalue weighted by Crippen LogP contribution is -2.24. The summed E-state index contributed by atoms with van der Waals surface area (Å²) in [4.78, 5) is 0. The van der Waals surface area contributed by atoms with Crippen LogP contribution in [0.3, 0.4) is 0 Å². The third-order valence-corrected chi connectivity index (χ3v) is 4.24. The van der Waals surface area contributed by atoms with Crippen molar-refractivity contribution in [1.29, 1.82) is 0 Å². The van der Waals surface area contributed by atoms with Crippen molar-refractivity contribution in [3.63, 3.8) is 0 Å². The molecule has 0 radical (unpaired) electrons. The minimum Gasteiger partial charge on any atom is -0.316 e. The van der Waals surface area contributed by atoms with E-state index < -0.39 is 0 Å². The first-order chi connectivity index (χ1) is 10.2. The van der Waals surface area contributed by atoms with Gasteiger partial charge in [0.15, 0.2) is 0 Å². The molecule has 2 heteroatoms. The van der Waals surface area contributed by atoms with Gasteiger partial charge in [-0.25, -0.2) is 0 Å². The lowest BCUT2D eigenvalue weighted by Gasteiger charge is -2.21. The standard InChI is InChI=1S/C19H24ClN/c1-3-12-21-14-17(18-10-6-4-8-15(18)2)13-16-9-5-7-11-19(16)20/h4-11,17,21H,3,12-14H2,1-2H3. The van der Waals surface area contributed by atoms with Crippen molar-refractivity contribution in [2.24, 2.45) is 0 Å². The molecule has 2 aromatic carbocycles. The average Bonchev–Trinajstić information content (AvgIpc) is 2.49. The van der Waals surface area contributed by atoms with Crippen LogP contribution in [0, 0.1) is 6.92 Å². The maximum Gasteiger partial charge on any atom is 0.0438 e. The molecule has 112 valence electrons. The molecule has 1 atom stereocenters. The molecule has 2 aromatic rings. The van der Waals surface area contributed by atoms with Gasteiger partial charge in [0.25, 0.3) is 0 Å². The predicted molar refractivity (Wildman–Crippen MR) is 92.2 cm³/mol. The fourth-order valence-corrected chi connectivity index (χ4v) is 2.93. The minimum absolute atomic E-state index is 0.456. The van der Waals surface area contributed by atoms with E-state index in [1.165, 1.54) is 16.7 Å². The van der Waals surface area contributed by atoms with E-state index in [1.54, 1.807) is 0 Å². The number of benzene rings is 2. The van der Waals surface area contributed by atoms with E-state index in [-0.39, 0.29) is 0 Å². The summed E-state index contributed by atoms with van der Waals surface area (Å²) >= 11 is 6.34. The topological polar surface area (TPSA) is 12.0 Å². The summed E-state index contributed by atoms with van der Waals surface area (Å²) in [5, 5.41) is 4.42. The van der Waals surface area contributed by atoms with Gasteiger partial charge in [0, 0.05) is 17.5 Å². The van der Waals surface area contributed by atoms with Gasteiger partial charge in [-0.3, -0.25) is 0 Å². The highest BCUT2D eigenvalue weighted by Gasteiger charge is 2.15. The third kappa shape index (κ3) is 4.59. The van der Waals surface area contributed by atoms with Crippen molar-refractivity contribution in [2.75, 3.05) is 13.1 Å². The largest absolute Gasteiger partial charge is 0.316 e. The Kier molecular flexibility index (Phi) is 6.28. The molecule has 2 rings (SSSR count). The van der Waals surface area contributed by atoms with E-state index in [0.717, 1.165) is 31.0 Å². The van der Waals surface area contributed by atoms with Gasteiger partial charge < -0.3 is 5.32 Å². The van der Waals surface area contributed by atoms with Crippen LogP contribution in [0.1, 0.15) is 36.0 Å². The van der Waals surface area contributed by atoms with Gasteiger partial charge in [-0.15, -0.1) is 0 Å². The Balaban J connectivity index is 2.20. The summed E-state index contributed by atoms with van der Waals surface area (Å²) in [7, 11) is 0. The number of rotatable bonds is 7. The fourth-order valence-electron chi connectivity index (χ4n) is 2.72. The van der Waals surface area contributed by atoms with Crippen molar-refractivity contribution in [1.82, 2.24) is 5.32 Å². The summed E-state index contributed by atoms with van der Waals surface area (Å²) in [6.07, 6.45) is 2.13. The smallest absolute Gasteiger partial charge is 0.0438 e. The van der Waals surface area contributed by atoms with E-state index in [4.69, 9.17) is 11.6 Å². The van der Waals surface area contributed by atoms with Crippen LogP contribution in [0.5, 0.6) is 0 Å². The van der Waals surface area contributed by atoms with E-state index in [9.17, 15) is 0 Å². The molecule has 0 aromatic heterocycles. The Hall–Kier alpha value is -1.31. The second-order valence-corrected chi connectivity index (χ2v) is 5.96. The van der Waals surface area contributed by atoms with Crippen molar-refractivity contribution in [3.8, 4) is 0 Å². The van der Waals surface area contributed by atoms with E-state index >= 15 is 0 Å². The highest BCUT2D eigenvalue weighted by Crippen LogP contribution is 2.26. The van der Waals surface area contributed by atoms with Crippen LogP contribution in [0.15, 0.2) is 48.5 Å². The first-order valence-electron chi connectivity index (χ1n) is 7.72. The molecule has 0 saturated heterocycles. The van der Waals surface area contributed by atoms with E-state index in [0.29, 0.717) is 5.92 Å². The van der Waals surface area contributed by atoms with Crippen LogP contribution < -0.4 is 5.32 Å². The van der Waals surface area contributed by atoms with Crippen LogP contribution in [0.25, 0.3) is 0 Å². The molecule has 1 N–H and O–H groups in total. The summed E-state index contributed by atoms with van der Waals surface area (Å²) < 4.78 is 0. The highest BCUT2D eigenvalue weighted by molar-refractivity contribution is 6.31. The van der Waals surface area contributed by atoms with Crippen molar-refractivity contribution in [3.05, 3.63) is 70.2 Å². The van der Waals surface area contributed by atoms with Crippen LogP contribution in [0.4, 0.5) is 0 Å². The Bertz CT molecular complexity index is 565. The molecule has 0 saturated carbocycles. The summed E-state index contributed by atoms with van der Waals surface area (Å²) in [6.45, 7) is 6.44. The molecule has 0 fully saturated rings. The first-order valence-corrected chi connectivity index (χ1v) is 8.09. The van der Waals surface area contributed by atoms with E-state index in [2.05, 4.69) is 55.6 Å². The monoisotopic (exact) mass is 301 g/mol. The summed E-state index contributed by atoms with van der Waals surface area (Å²) in [5.41, 5.74) is 4.00. The highest BCUT2D eigenvalue weighted by atomic mass is 35.5. The van der Waals surface area contributed by atoms with Gasteiger partial charge in [0.2, 0.25) is 0 Å². The second-order valence-electron chi connectivity index (χ2n) is 5.55. The van der Waals surface area contributed by atoms with Crippen LogP contribution in [-0.2, 0) is 6.42 Å². The van der Waals surface area contributed by atoms with Crippen molar-refractivity contribution < 1.29 is 0 Å². The van der Waals surface area contributed by atoms with Gasteiger partial charge in [-0.1, -0.05) is 61.0 Å². The average molecular weight is 302 g/mol. The number of aryl methyl sites for hydroxylation is 1. The quantitative estimate of drug-likeness (QED) is 0.712. The van der Waals surface area contributed by atoms with Gasteiger partial charge in [-0.05, 0) is 49.1 Å². The zero-order valence-electron chi connectivity index (χ0n) is 12.9. The van der Waals surface area contributed by atoms with Crippen molar-refractivity contribution >= 4 is 11.6 Å². The van der Waals surface area contributed by atoms with Gasteiger partial charge >= 0.3 is 0 Å². The number of hydrogen-bond acceptors (Lipinski definition) is 1. The Morgan fingerprint density at radius 3 is 2.48 bits per heavy atom. The molecule has 0 spiro atoms. The molecule has 0 aliphatic carbocycles. The number of nitrogens with one attached hydrogen (secondary N) is 1.